The van der Waals surface area contributed by atoms with Gasteiger partial charge >= 0.3 is 0 Å². The normalized spacial score (nSPS) is 16.6. The number of hydrogen-bond acceptors (Lipinski definition) is 8. The van der Waals surface area contributed by atoms with Gasteiger partial charge in [0.05, 0.1) is 4.88 Å². The number of hydrogen-bond donors (Lipinski definition) is 0. The molecule has 24 heavy (non-hydrogen) atoms. The maximum absolute atomic E-state index is 12.5. The molecule has 1 aliphatic rings. The van der Waals surface area contributed by atoms with E-state index >= 15 is 0 Å². The van der Waals surface area contributed by atoms with Crippen molar-refractivity contribution in [2.75, 3.05) is 31.1 Å². The van der Waals surface area contributed by atoms with E-state index in [1.807, 2.05) is 17.5 Å². The van der Waals surface area contributed by atoms with Crippen LogP contribution in [0.15, 0.2) is 39.2 Å². The Labute approximate surface area is 152 Å². The van der Waals surface area contributed by atoms with E-state index in [4.69, 9.17) is 0 Å². The molecule has 0 saturated carbocycles. The highest BCUT2D eigenvalue weighted by molar-refractivity contribution is 7.91. The molecular weight excluding hydrogens is 384 g/mol. The first kappa shape index (κ1) is 16.2. The van der Waals surface area contributed by atoms with Crippen LogP contribution < -0.4 is 4.90 Å². The van der Waals surface area contributed by atoms with Crippen molar-refractivity contribution in [2.45, 2.75) is 4.21 Å². The Kier molecular flexibility index (Phi) is 4.39. The highest BCUT2D eigenvalue weighted by Gasteiger charge is 2.30. The second kappa shape index (κ2) is 6.52. The van der Waals surface area contributed by atoms with Crippen LogP contribution in [-0.4, -0.2) is 49.1 Å². The molecule has 0 N–H and O–H groups in total. The first-order valence-corrected chi connectivity index (χ1v) is 11.3. The van der Waals surface area contributed by atoms with E-state index in [1.165, 1.54) is 11.3 Å². The molecule has 1 saturated heterocycles. The third kappa shape index (κ3) is 3.00. The fraction of sp³-hybridized carbons (Fsp3) is 0.286. The van der Waals surface area contributed by atoms with Crippen LogP contribution in [0.4, 0.5) is 5.13 Å². The lowest BCUT2D eigenvalue weighted by atomic mass is 10.4. The van der Waals surface area contributed by atoms with Gasteiger partial charge in [0, 0.05) is 26.2 Å². The summed E-state index contributed by atoms with van der Waals surface area (Å²) in [5.74, 6) is 0. The molecule has 3 aromatic heterocycles. The van der Waals surface area contributed by atoms with E-state index in [0.717, 1.165) is 15.0 Å². The van der Waals surface area contributed by atoms with Crippen LogP contribution in [-0.2, 0) is 10.0 Å². The number of rotatable bonds is 4. The molecule has 0 unspecified atom stereocenters. The minimum Gasteiger partial charge on any atom is -0.344 e. The molecule has 0 spiro atoms. The highest BCUT2D eigenvalue weighted by atomic mass is 32.2. The van der Waals surface area contributed by atoms with E-state index in [0.29, 0.717) is 30.4 Å². The van der Waals surface area contributed by atoms with Crippen LogP contribution in [0.1, 0.15) is 0 Å². The van der Waals surface area contributed by atoms with Gasteiger partial charge in [0.2, 0.25) is 5.13 Å². The molecule has 0 bridgehead atoms. The van der Waals surface area contributed by atoms with Gasteiger partial charge in [0.15, 0.2) is 5.01 Å². The number of sulfonamides is 1. The molecule has 0 aliphatic carbocycles. The molecule has 0 radical (unpaired) electrons. The summed E-state index contributed by atoms with van der Waals surface area (Å²) >= 11 is 4.45. The highest BCUT2D eigenvalue weighted by Crippen LogP contribution is 2.32. The Bertz CT molecular complexity index is 895. The van der Waals surface area contributed by atoms with Gasteiger partial charge in [0.25, 0.3) is 10.0 Å². The maximum atomic E-state index is 12.5. The van der Waals surface area contributed by atoms with Gasteiger partial charge in [-0.1, -0.05) is 23.5 Å². The zero-order valence-corrected chi connectivity index (χ0v) is 15.8. The average Bonchev–Trinajstić information content (AvgIpc) is 3.36. The minimum absolute atomic E-state index is 0.409. The number of thiophene rings is 2. The first-order valence-electron chi connectivity index (χ1n) is 7.30. The number of piperazine rings is 1. The lowest BCUT2D eigenvalue weighted by Gasteiger charge is -2.33. The van der Waals surface area contributed by atoms with Crippen LogP contribution in [0.2, 0.25) is 0 Å². The van der Waals surface area contributed by atoms with Crippen LogP contribution in [0.3, 0.4) is 0 Å². The quantitative estimate of drug-likeness (QED) is 0.676. The Hall–Kier alpha value is -1.33. The van der Waals surface area contributed by atoms with Crippen molar-refractivity contribution in [1.29, 1.82) is 0 Å². The Morgan fingerprint density at radius 1 is 0.958 bits per heavy atom. The van der Waals surface area contributed by atoms with Crippen LogP contribution in [0.25, 0.3) is 9.88 Å². The van der Waals surface area contributed by atoms with E-state index in [1.54, 1.807) is 44.5 Å². The summed E-state index contributed by atoms with van der Waals surface area (Å²) in [6.45, 7) is 2.19. The number of nitrogens with zero attached hydrogens (tertiary/aromatic N) is 4. The molecule has 10 heteroatoms. The second-order valence-electron chi connectivity index (χ2n) is 5.19. The standard InChI is InChI=1S/C14H14N4O2S4/c19-24(20,12-4-2-10-22-12)18-7-5-17(6-8-18)14-16-15-13(23-14)11-3-1-9-21-11/h1-4,9-10H,5-8H2. The smallest absolute Gasteiger partial charge is 0.252 e. The molecule has 3 aromatic rings. The van der Waals surface area contributed by atoms with Crippen molar-refractivity contribution in [3.63, 3.8) is 0 Å². The van der Waals surface area contributed by atoms with Crippen LogP contribution >= 0.6 is 34.0 Å². The predicted molar refractivity (Wildman–Crippen MR) is 98.5 cm³/mol. The second-order valence-corrected chi connectivity index (χ2v) is 10.2. The van der Waals surface area contributed by atoms with Gasteiger partial charge in [-0.3, -0.25) is 0 Å². The van der Waals surface area contributed by atoms with Crippen molar-refractivity contribution in [1.82, 2.24) is 14.5 Å². The Balaban J connectivity index is 1.45. The predicted octanol–water partition coefficient (Wildman–Crippen LogP) is 2.84. The summed E-state index contributed by atoms with van der Waals surface area (Å²) in [7, 11) is -3.36. The molecule has 6 nitrogen and oxygen atoms in total. The van der Waals surface area contributed by atoms with Gasteiger partial charge in [-0.25, -0.2) is 8.42 Å². The summed E-state index contributed by atoms with van der Waals surface area (Å²) in [4.78, 5) is 3.22. The molecule has 4 heterocycles. The molecular formula is C14H14N4O2S4. The van der Waals surface area contributed by atoms with Gasteiger partial charge in [-0.2, -0.15) is 4.31 Å². The minimum atomic E-state index is -3.36. The summed E-state index contributed by atoms with van der Waals surface area (Å²) in [6, 6.07) is 7.45. The van der Waals surface area contributed by atoms with E-state index in [2.05, 4.69) is 15.1 Å². The fourth-order valence-electron chi connectivity index (χ4n) is 2.50. The molecule has 0 amide bonds. The van der Waals surface area contributed by atoms with E-state index < -0.39 is 10.0 Å². The Morgan fingerprint density at radius 2 is 1.71 bits per heavy atom. The fourth-order valence-corrected chi connectivity index (χ4v) is 6.76. The van der Waals surface area contributed by atoms with Crippen molar-refractivity contribution in [3.05, 3.63) is 35.0 Å². The zero-order chi connectivity index (χ0) is 16.6. The Morgan fingerprint density at radius 3 is 2.38 bits per heavy atom. The zero-order valence-electron chi connectivity index (χ0n) is 12.5. The lowest BCUT2D eigenvalue weighted by Crippen LogP contribution is -2.48. The molecule has 0 atom stereocenters. The third-order valence-corrected chi connectivity index (χ3v) is 9.04. The monoisotopic (exact) mass is 398 g/mol. The van der Waals surface area contributed by atoms with Gasteiger partial charge in [-0.15, -0.1) is 32.9 Å². The van der Waals surface area contributed by atoms with Crippen molar-refractivity contribution in [2.24, 2.45) is 0 Å². The molecule has 0 aromatic carbocycles. The van der Waals surface area contributed by atoms with Gasteiger partial charge in [-0.05, 0) is 22.9 Å². The van der Waals surface area contributed by atoms with Crippen molar-refractivity contribution >= 4 is 49.2 Å². The number of anilines is 1. The summed E-state index contributed by atoms with van der Waals surface area (Å²) in [5, 5.41) is 14.1. The summed E-state index contributed by atoms with van der Waals surface area (Å²) in [5.41, 5.74) is 0. The summed E-state index contributed by atoms with van der Waals surface area (Å²) < 4.78 is 27.1. The first-order chi connectivity index (χ1) is 11.6. The van der Waals surface area contributed by atoms with Crippen LogP contribution in [0.5, 0.6) is 0 Å². The SMILES string of the molecule is O=S(=O)(c1cccs1)N1CCN(c2nnc(-c3cccs3)s2)CC1. The van der Waals surface area contributed by atoms with Crippen molar-refractivity contribution < 1.29 is 8.42 Å². The molecule has 4 rings (SSSR count). The van der Waals surface area contributed by atoms with Crippen LogP contribution in [0, 0.1) is 0 Å². The molecule has 126 valence electrons. The third-order valence-electron chi connectivity index (χ3n) is 3.74. The van der Waals surface area contributed by atoms with Crippen molar-refractivity contribution in [3.8, 4) is 9.88 Å². The number of aromatic nitrogens is 2. The van der Waals surface area contributed by atoms with Gasteiger partial charge < -0.3 is 4.90 Å². The molecule has 1 aliphatic heterocycles. The lowest BCUT2D eigenvalue weighted by molar-refractivity contribution is 0.385. The average molecular weight is 399 g/mol. The maximum Gasteiger partial charge on any atom is 0.252 e. The van der Waals surface area contributed by atoms with E-state index in [9.17, 15) is 8.42 Å². The van der Waals surface area contributed by atoms with E-state index in [-0.39, 0.29) is 0 Å². The summed E-state index contributed by atoms with van der Waals surface area (Å²) in [6.07, 6.45) is 0. The topological polar surface area (TPSA) is 66.4 Å². The molecule has 1 fully saturated rings. The largest absolute Gasteiger partial charge is 0.344 e. The van der Waals surface area contributed by atoms with Gasteiger partial charge in [0.1, 0.15) is 4.21 Å².